The van der Waals surface area contributed by atoms with Gasteiger partial charge in [0.15, 0.2) is 0 Å². The van der Waals surface area contributed by atoms with Gasteiger partial charge in [-0.15, -0.1) is 11.6 Å². The van der Waals surface area contributed by atoms with Crippen molar-refractivity contribution in [2.24, 2.45) is 17.8 Å². The SMILES string of the molecule is Cc1cc(C(Cl)CC2CC3CCC2C3)ccc1F. The van der Waals surface area contributed by atoms with E-state index in [2.05, 4.69) is 0 Å². The summed E-state index contributed by atoms with van der Waals surface area (Å²) in [6, 6.07) is 5.29. The van der Waals surface area contributed by atoms with E-state index in [0.717, 1.165) is 29.7 Å². The van der Waals surface area contributed by atoms with E-state index in [1.165, 1.54) is 25.7 Å². The predicted octanol–water partition coefficient (Wildman–Crippen LogP) is 5.24. The summed E-state index contributed by atoms with van der Waals surface area (Å²) >= 11 is 6.53. The van der Waals surface area contributed by atoms with Gasteiger partial charge in [-0.3, -0.25) is 0 Å². The Kier molecular flexibility index (Phi) is 3.36. The molecule has 0 saturated heterocycles. The topological polar surface area (TPSA) is 0 Å². The summed E-state index contributed by atoms with van der Waals surface area (Å²) in [5.74, 6) is 2.55. The maximum Gasteiger partial charge on any atom is 0.126 e. The van der Waals surface area contributed by atoms with Gasteiger partial charge in [-0.1, -0.05) is 18.6 Å². The highest BCUT2D eigenvalue weighted by Crippen LogP contribution is 2.51. The van der Waals surface area contributed by atoms with E-state index in [1.54, 1.807) is 13.0 Å². The molecule has 2 aliphatic rings. The minimum atomic E-state index is -0.137. The Labute approximate surface area is 114 Å². The van der Waals surface area contributed by atoms with E-state index in [0.29, 0.717) is 5.56 Å². The number of rotatable bonds is 3. The van der Waals surface area contributed by atoms with Crippen LogP contribution in [0.1, 0.15) is 48.6 Å². The van der Waals surface area contributed by atoms with Crippen LogP contribution in [0.4, 0.5) is 4.39 Å². The third-order valence-electron chi connectivity index (χ3n) is 4.94. The predicted molar refractivity (Wildman–Crippen MR) is 73.3 cm³/mol. The standard InChI is InChI=1S/C16H20ClF/c1-10-6-13(4-5-16(10)18)15(17)9-14-8-11-2-3-12(14)7-11/h4-6,11-12,14-15H,2-3,7-9H2,1H3. The van der Waals surface area contributed by atoms with Crippen LogP contribution in [0.25, 0.3) is 0 Å². The van der Waals surface area contributed by atoms with Gasteiger partial charge in [0.05, 0.1) is 5.38 Å². The quantitative estimate of drug-likeness (QED) is 0.656. The van der Waals surface area contributed by atoms with Crippen molar-refractivity contribution < 1.29 is 4.39 Å². The molecule has 2 bridgehead atoms. The molecular formula is C16H20ClF. The Morgan fingerprint density at radius 3 is 2.78 bits per heavy atom. The number of benzene rings is 1. The Balaban J connectivity index is 1.67. The van der Waals surface area contributed by atoms with Gasteiger partial charge in [-0.2, -0.15) is 0 Å². The molecule has 0 nitrogen and oxygen atoms in total. The summed E-state index contributed by atoms with van der Waals surface area (Å²) in [7, 11) is 0. The van der Waals surface area contributed by atoms with Crippen molar-refractivity contribution in [2.45, 2.75) is 44.4 Å². The number of halogens is 2. The lowest BCUT2D eigenvalue weighted by Gasteiger charge is -2.24. The molecule has 0 radical (unpaired) electrons. The lowest BCUT2D eigenvalue weighted by Crippen LogP contribution is -2.12. The Hall–Kier alpha value is -0.560. The number of hydrogen-bond donors (Lipinski definition) is 0. The second-order valence-corrected chi connectivity index (χ2v) is 6.67. The van der Waals surface area contributed by atoms with Crippen LogP contribution in [0.2, 0.25) is 0 Å². The third-order valence-corrected chi connectivity index (χ3v) is 5.37. The van der Waals surface area contributed by atoms with Crippen molar-refractivity contribution in [3.8, 4) is 0 Å². The van der Waals surface area contributed by atoms with Crippen molar-refractivity contribution in [3.63, 3.8) is 0 Å². The molecule has 1 aromatic carbocycles. The Morgan fingerprint density at radius 2 is 2.17 bits per heavy atom. The molecule has 18 heavy (non-hydrogen) atoms. The first kappa shape index (κ1) is 12.5. The summed E-state index contributed by atoms with van der Waals surface area (Å²) in [5.41, 5.74) is 1.78. The van der Waals surface area contributed by atoms with Gasteiger partial charge in [0.25, 0.3) is 0 Å². The molecule has 2 heteroatoms. The first-order valence-corrected chi connectivity index (χ1v) is 7.47. The van der Waals surface area contributed by atoms with Crippen molar-refractivity contribution in [3.05, 3.63) is 35.1 Å². The molecule has 3 rings (SSSR count). The fourth-order valence-corrected chi connectivity index (χ4v) is 4.29. The smallest absolute Gasteiger partial charge is 0.126 e. The monoisotopic (exact) mass is 266 g/mol. The fourth-order valence-electron chi connectivity index (χ4n) is 3.93. The maximum absolute atomic E-state index is 13.2. The molecule has 4 unspecified atom stereocenters. The molecule has 0 heterocycles. The zero-order valence-electron chi connectivity index (χ0n) is 10.8. The van der Waals surface area contributed by atoms with E-state index in [1.807, 2.05) is 12.1 Å². The van der Waals surface area contributed by atoms with Crippen LogP contribution in [-0.2, 0) is 0 Å². The molecule has 2 aliphatic carbocycles. The zero-order valence-corrected chi connectivity index (χ0v) is 11.6. The fraction of sp³-hybridized carbons (Fsp3) is 0.625. The van der Waals surface area contributed by atoms with Gasteiger partial charge in [-0.05, 0) is 67.6 Å². The van der Waals surface area contributed by atoms with Crippen molar-refractivity contribution in [2.75, 3.05) is 0 Å². The normalized spacial score (nSPS) is 31.8. The van der Waals surface area contributed by atoms with Crippen LogP contribution in [0.3, 0.4) is 0 Å². The first-order valence-electron chi connectivity index (χ1n) is 7.03. The van der Waals surface area contributed by atoms with Crippen LogP contribution in [-0.4, -0.2) is 0 Å². The zero-order chi connectivity index (χ0) is 12.7. The molecular weight excluding hydrogens is 247 g/mol. The number of fused-ring (bicyclic) bond motifs is 2. The van der Waals surface area contributed by atoms with Gasteiger partial charge in [0.1, 0.15) is 5.82 Å². The van der Waals surface area contributed by atoms with Gasteiger partial charge in [0, 0.05) is 0 Å². The van der Waals surface area contributed by atoms with Crippen LogP contribution >= 0.6 is 11.6 Å². The highest BCUT2D eigenvalue weighted by Gasteiger charge is 2.40. The van der Waals surface area contributed by atoms with E-state index in [4.69, 9.17) is 11.6 Å². The molecule has 2 fully saturated rings. The largest absolute Gasteiger partial charge is 0.207 e. The van der Waals surface area contributed by atoms with Gasteiger partial charge in [0.2, 0.25) is 0 Å². The third kappa shape index (κ3) is 2.30. The number of aryl methyl sites for hydroxylation is 1. The lowest BCUT2D eigenvalue weighted by atomic mass is 9.84. The molecule has 0 aromatic heterocycles. The minimum Gasteiger partial charge on any atom is -0.207 e. The number of alkyl halides is 1. The molecule has 1 aromatic rings. The number of hydrogen-bond acceptors (Lipinski definition) is 0. The van der Waals surface area contributed by atoms with Crippen molar-refractivity contribution in [1.29, 1.82) is 0 Å². The summed E-state index contributed by atoms with van der Waals surface area (Å²) in [6.07, 6.45) is 6.70. The second-order valence-electron chi connectivity index (χ2n) is 6.15. The van der Waals surface area contributed by atoms with E-state index in [-0.39, 0.29) is 11.2 Å². The molecule has 0 spiro atoms. The second kappa shape index (κ2) is 4.85. The molecule has 0 N–H and O–H groups in total. The highest BCUT2D eigenvalue weighted by atomic mass is 35.5. The minimum absolute atomic E-state index is 0.0497. The first-order chi connectivity index (χ1) is 8.63. The van der Waals surface area contributed by atoms with E-state index >= 15 is 0 Å². The van der Waals surface area contributed by atoms with E-state index in [9.17, 15) is 4.39 Å². The maximum atomic E-state index is 13.2. The van der Waals surface area contributed by atoms with Gasteiger partial charge >= 0.3 is 0 Å². The summed E-state index contributed by atoms with van der Waals surface area (Å²) in [5, 5.41) is 0.0497. The molecule has 0 amide bonds. The van der Waals surface area contributed by atoms with Gasteiger partial charge in [-0.25, -0.2) is 4.39 Å². The summed E-state index contributed by atoms with van der Waals surface area (Å²) in [4.78, 5) is 0. The summed E-state index contributed by atoms with van der Waals surface area (Å²) < 4.78 is 13.2. The molecule has 4 atom stereocenters. The van der Waals surface area contributed by atoms with Gasteiger partial charge < -0.3 is 0 Å². The highest BCUT2D eigenvalue weighted by molar-refractivity contribution is 6.20. The Bertz CT molecular complexity index is 443. The Morgan fingerprint density at radius 1 is 1.33 bits per heavy atom. The van der Waals surface area contributed by atoms with Crippen molar-refractivity contribution >= 4 is 11.6 Å². The average Bonchev–Trinajstić information content (AvgIpc) is 2.94. The molecule has 0 aliphatic heterocycles. The van der Waals surface area contributed by atoms with Crippen LogP contribution < -0.4 is 0 Å². The molecule has 98 valence electrons. The van der Waals surface area contributed by atoms with E-state index < -0.39 is 0 Å². The van der Waals surface area contributed by atoms with Crippen LogP contribution in [0.5, 0.6) is 0 Å². The average molecular weight is 267 g/mol. The van der Waals surface area contributed by atoms with Crippen molar-refractivity contribution in [1.82, 2.24) is 0 Å². The lowest BCUT2D eigenvalue weighted by molar-refractivity contribution is 0.312. The molecule has 2 saturated carbocycles. The summed E-state index contributed by atoms with van der Waals surface area (Å²) in [6.45, 7) is 1.81. The van der Waals surface area contributed by atoms with Crippen LogP contribution in [0.15, 0.2) is 18.2 Å². The van der Waals surface area contributed by atoms with Crippen LogP contribution in [0, 0.1) is 30.5 Å².